The maximum atomic E-state index is 12.5. The molecule has 0 bridgehead atoms. The summed E-state index contributed by atoms with van der Waals surface area (Å²) in [7, 11) is 0. The van der Waals surface area contributed by atoms with Gasteiger partial charge in [-0.3, -0.25) is 9.59 Å². The average molecular weight is 411 g/mol. The van der Waals surface area contributed by atoms with E-state index in [1.165, 1.54) is 11.8 Å². The molecule has 1 aromatic heterocycles. The molecule has 0 unspecified atom stereocenters. The van der Waals surface area contributed by atoms with Gasteiger partial charge in [-0.2, -0.15) is 0 Å². The smallest absolute Gasteiger partial charge is 0.291 e. The molecule has 2 N–H and O–H groups in total. The van der Waals surface area contributed by atoms with Crippen molar-refractivity contribution in [2.45, 2.75) is 4.58 Å². The highest BCUT2D eigenvalue weighted by Gasteiger charge is 2.18. The van der Waals surface area contributed by atoms with E-state index in [0.29, 0.717) is 15.8 Å². The third kappa shape index (κ3) is 4.43. The molecule has 2 amide bonds. The SMILES string of the molecule is O=C(Nc1cccc(C2SCCS2)c1)c1ccc(NC(=O)c2ccco2)cc1. The zero-order valence-corrected chi connectivity index (χ0v) is 16.5. The lowest BCUT2D eigenvalue weighted by atomic mass is 10.1. The Kier molecular flexibility index (Phi) is 5.73. The molecular formula is C21H18N2O3S2. The number of anilines is 2. The van der Waals surface area contributed by atoms with Crippen molar-refractivity contribution in [3.63, 3.8) is 0 Å². The van der Waals surface area contributed by atoms with E-state index in [1.807, 2.05) is 41.7 Å². The van der Waals surface area contributed by atoms with Crippen LogP contribution in [0.3, 0.4) is 0 Å². The predicted molar refractivity (Wildman–Crippen MR) is 115 cm³/mol. The van der Waals surface area contributed by atoms with Crippen molar-refractivity contribution in [1.82, 2.24) is 0 Å². The van der Waals surface area contributed by atoms with Crippen LogP contribution in [0.2, 0.25) is 0 Å². The lowest BCUT2D eigenvalue weighted by molar-refractivity contribution is 0.0995. The van der Waals surface area contributed by atoms with Crippen LogP contribution in [-0.4, -0.2) is 23.3 Å². The Morgan fingerprint density at radius 2 is 1.61 bits per heavy atom. The van der Waals surface area contributed by atoms with Crippen LogP contribution in [0.1, 0.15) is 31.1 Å². The van der Waals surface area contributed by atoms with Crippen LogP contribution >= 0.6 is 23.5 Å². The molecule has 4 rings (SSSR count). The Morgan fingerprint density at radius 3 is 2.32 bits per heavy atom. The Labute approximate surface area is 171 Å². The molecule has 2 aromatic carbocycles. The first-order chi connectivity index (χ1) is 13.7. The van der Waals surface area contributed by atoms with Crippen LogP contribution in [0.5, 0.6) is 0 Å². The topological polar surface area (TPSA) is 71.3 Å². The van der Waals surface area contributed by atoms with Gasteiger partial charge in [0, 0.05) is 28.4 Å². The fourth-order valence-corrected chi connectivity index (χ4v) is 5.66. The van der Waals surface area contributed by atoms with Crippen LogP contribution in [0.25, 0.3) is 0 Å². The van der Waals surface area contributed by atoms with E-state index in [1.54, 1.807) is 36.4 Å². The number of benzene rings is 2. The predicted octanol–water partition coefficient (Wildman–Crippen LogP) is 5.26. The van der Waals surface area contributed by atoms with Crippen LogP contribution in [-0.2, 0) is 0 Å². The number of hydrogen-bond acceptors (Lipinski definition) is 5. The highest BCUT2D eigenvalue weighted by atomic mass is 32.2. The highest BCUT2D eigenvalue weighted by Crippen LogP contribution is 2.45. The summed E-state index contributed by atoms with van der Waals surface area (Å²) in [6, 6.07) is 18.0. The zero-order valence-electron chi connectivity index (χ0n) is 14.9. The second-order valence-corrected chi connectivity index (χ2v) is 8.89. The van der Waals surface area contributed by atoms with Crippen LogP contribution in [0.15, 0.2) is 71.3 Å². The molecule has 1 aliphatic heterocycles. The number of amides is 2. The molecule has 1 aliphatic rings. The summed E-state index contributed by atoms with van der Waals surface area (Å²) in [6.07, 6.45) is 1.45. The van der Waals surface area contributed by atoms with Crippen molar-refractivity contribution < 1.29 is 14.0 Å². The Bertz CT molecular complexity index is 966. The second kappa shape index (κ2) is 8.58. The van der Waals surface area contributed by atoms with Crippen molar-refractivity contribution in [2.75, 3.05) is 22.1 Å². The van der Waals surface area contributed by atoms with E-state index >= 15 is 0 Å². The van der Waals surface area contributed by atoms with Crippen LogP contribution in [0.4, 0.5) is 11.4 Å². The zero-order chi connectivity index (χ0) is 19.3. The number of nitrogens with one attached hydrogen (secondary N) is 2. The molecule has 1 fully saturated rings. The van der Waals surface area contributed by atoms with Gasteiger partial charge in [-0.1, -0.05) is 12.1 Å². The summed E-state index contributed by atoms with van der Waals surface area (Å²) >= 11 is 3.87. The molecule has 0 aliphatic carbocycles. The van der Waals surface area contributed by atoms with Gasteiger partial charge >= 0.3 is 0 Å². The summed E-state index contributed by atoms with van der Waals surface area (Å²) in [5.41, 5.74) is 3.12. The number of carbonyl (C=O) groups is 2. The van der Waals surface area contributed by atoms with Crippen molar-refractivity contribution in [1.29, 1.82) is 0 Å². The standard InChI is InChI=1S/C21H18N2O3S2/c24-19(23-17-4-1-3-15(13-17)21-27-11-12-28-21)14-6-8-16(9-7-14)22-20(25)18-5-2-10-26-18/h1-10,13,21H,11-12H2,(H,22,25)(H,23,24). The monoisotopic (exact) mass is 410 g/mol. The minimum Gasteiger partial charge on any atom is -0.459 e. The van der Waals surface area contributed by atoms with E-state index in [4.69, 9.17) is 4.42 Å². The van der Waals surface area contributed by atoms with Gasteiger partial charge in [-0.15, -0.1) is 23.5 Å². The molecule has 2 heterocycles. The number of hydrogen-bond donors (Lipinski definition) is 2. The van der Waals surface area contributed by atoms with Gasteiger partial charge in [-0.25, -0.2) is 0 Å². The number of thioether (sulfide) groups is 2. The summed E-state index contributed by atoms with van der Waals surface area (Å²) in [4.78, 5) is 24.5. The fraction of sp³-hybridized carbons (Fsp3) is 0.143. The van der Waals surface area contributed by atoms with E-state index in [9.17, 15) is 9.59 Å². The second-order valence-electron chi connectivity index (χ2n) is 6.16. The maximum Gasteiger partial charge on any atom is 0.291 e. The molecule has 7 heteroatoms. The molecule has 3 aromatic rings. The van der Waals surface area contributed by atoms with Crippen LogP contribution in [0, 0.1) is 0 Å². The fourth-order valence-electron chi connectivity index (χ4n) is 2.82. The molecule has 0 saturated carbocycles. The lowest BCUT2D eigenvalue weighted by Crippen LogP contribution is -2.13. The van der Waals surface area contributed by atoms with E-state index in [0.717, 1.165) is 17.2 Å². The first-order valence-corrected chi connectivity index (χ1v) is 10.9. The maximum absolute atomic E-state index is 12.5. The molecule has 0 radical (unpaired) electrons. The number of carbonyl (C=O) groups excluding carboxylic acids is 2. The molecule has 0 atom stereocenters. The van der Waals surface area contributed by atoms with Gasteiger partial charge < -0.3 is 15.1 Å². The van der Waals surface area contributed by atoms with Crippen molar-refractivity contribution >= 4 is 46.7 Å². The first kappa shape index (κ1) is 18.7. The van der Waals surface area contributed by atoms with E-state index in [2.05, 4.69) is 16.7 Å². The summed E-state index contributed by atoms with van der Waals surface area (Å²) in [5.74, 6) is 2.04. The lowest BCUT2D eigenvalue weighted by Gasteiger charge is -2.11. The van der Waals surface area contributed by atoms with Gasteiger partial charge in [-0.05, 0) is 54.1 Å². The average Bonchev–Trinajstić information content (AvgIpc) is 3.43. The van der Waals surface area contributed by atoms with E-state index < -0.39 is 0 Å². The van der Waals surface area contributed by atoms with Crippen LogP contribution < -0.4 is 10.6 Å². The molecule has 5 nitrogen and oxygen atoms in total. The quantitative estimate of drug-likeness (QED) is 0.600. The Balaban J connectivity index is 1.39. The molecule has 0 spiro atoms. The minimum absolute atomic E-state index is 0.187. The van der Waals surface area contributed by atoms with Gasteiger partial charge in [0.2, 0.25) is 0 Å². The van der Waals surface area contributed by atoms with Gasteiger partial charge in [0.05, 0.1) is 10.8 Å². The molecule has 142 valence electrons. The van der Waals surface area contributed by atoms with Gasteiger partial charge in [0.1, 0.15) is 0 Å². The van der Waals surface area contributed by atoms with Crippen molar-refractivity contribution in [3.8, 4) is 0 Å². The number of rotatable bonds is 5. The van der Waals surface area contributed by atoms with Crippen molar-refractivity contribution in [2.24, 2.45) is 0 Å². The Hall–Kier alpha value is -2.64. The summed E-state index contributed by atoms with van der Waals surface area (Å²) in [6.45, 7) is 0. The molecule has 28 heavy (non-hydrogen) atoms. The molecular weight excluding hydrogens is 392 g/mol. The summed E-state index contributed by atoms with van der Waals surface area (Å²) in [5, 5.41) is 5.67. The third-order valence-electron chi connectivity index (χ3n) is 4.19. The number of furan rings is 1. The highest BCUT2D eigenvalue weighted by molar-refractivity contribution is 8.19. The Morgan fingerprint density at radius 1 is 0.857 bits per heavy atom. The third-order valence-corrected chi connectivity index (χ3v) is 7.29. The summed E-state index contributed by atoms with van der Waals surface area (Å²) < 4.78 is 5.50. The normalized spacial score (nSPS) is 14.0. The van der Waals surface area contributed by atoms with E-state index in [-0.39, 0.29) is 17.6 Å². The van der Waals surface area contributed by atoms with Gasteiger partial charge in [0.15, 0.2) is 5.76 Å². The first-order valence-electron chi connectivity index (χ1n) is 8.78. The minimum atomic E-state index is -0.332. The van der Waals surface area contributed by atoms with Crippen molar-refractivity contribution in [3.05, 3.63) is 83.8 Å². The largest absolute Gasteiger partial charge is 0.459 e. The van der Waals surface area contributed by atoms with Gasteiger partial charge in [0.25, 0.3) is 11.8 Å². The molecule has 1 saturated heterocycles.